The largest absolute Gasteiger partial charge is 0.349 e. The minimum atomic E-state index is -3.56. The quantitative estimate of drug-likeness (QED) is 0.656. The van der Waals surface area contributed by atoms with Crippen molar-refractivity contribution in [3.8, 4) is 0 Å². The van der Waals surface area contributed by atoms with Crippen LogP contribution in [-0.2, 0) is 10.0 Å². The van der Waals surface area contributed by atoms with Crippen LogP contribution in [0.15, 0.2) is 83.8 Å². The second-order valence-corrected chi connectivity index (χ2v) is 9.27. The fourth-order valence-electron chi connectivity index (χ4n) is 3.68. The van der Waals surface area contributed by atoms with Gasteiger partial charge >= 0.3 is 0 Å². The van der Waals surface area contributed by atoms with Crippen LogP contribution >= 0.6 is 0 Å². The highest BCUT2D eigenvalue weighted by molar-refractivity contribution is 7.89. The Morgan fingerprint density at radius 2 is 1.54 bits per heavy atom. The number of anilines is 1. The highest BCUT2D eigenvalue weighted by Gasteiger charge is 2.38. The lowest BCUT2D eigenvalue weighted by Crippen LogP contribution is -2.31. The summed E-state index contributed by atoms with van der Waals surface area (Å²) < 4.78 is 28.1. The molecular weight excluding hydrogens is 368 g/mol. The molecule has 0 radical (unpaired) electrons. The summed E-state index contributed by atoms with van der Waals surface area (Å²) in [4.78, 5) is 2.52. The van der Waals surface area contributed by atoms with Crippen LogP contribution in [0.5, 0.6) is 0 Å². The summed E-state index contributed by atoms with van der Waals surface area (Å²) in [7, 11) is -3.56. The zero-order valence-corrected chi connectivity index (χ0v) is 16.9. The van der Waals surface area contributed by atoms with Gasteiger partial charge in [0.1, 0.15) is 0 Å². The van der Waals surface area contributed by atoms with Gasteiger partial charge in [-0.25, -0.2) is 8.42 Å². The average molecular weight is 393 g/mol. The first-order valence-corrected chi connectivity index (χ1v) is 10.8. The molecule has 0 bridgehead atoms. The first-order valence-electron chi connectivity index (χ1n) is 9.40. The number of aryl methyl sites for hydroxylation is 2. The second-order valence-electron chi connectivity index (χ2n) is 7.33. The topological polar surface area (TPSA) is 40.6 Å². The van der Waals surface area contributed by atoms with Gasteiger partial charge in [-0.15, -0.1) is 0 Å². The lowest BCUT2D eigenvalue weighted by Gasteiger charge is -2.26. The van der Waals surface area contributed by atoms with Gasteiger partial charge in [-0.3, -0.25) is 0 Å². The zero-order chi connectivity index (χ0) is 19.7. The van der Waals surface area contributed by atoms with Crippen LogP contribution in [0.2, 0.25) is 0 Å². The maximum Gasteiger partial charge on any atom is 0.244 e. The Hall–Kier alpha value is -2.63. The number of hydrogen-bond acceptors (Lipinski definition) is 3. The van der Waals surface area contributed by atoms with Gasteiger partial charge in [-0.1, -0.05) is 60.2 Å². The molecule has 0 amide bonds. The van der Waals surface area contributed by atoms with Crippen molar-refractivity contribution in [3.05, 3.63) is 95.6 Å². The normalized spacial score (nSPS) is 17.8. The fraction of sp³-hybridized carbons (Fsp3) is 0.217. The van der Waals surface area contributed by atoms with E-state index in [1.54, 1.807) is 16.4 Å². The maximum atomic E-state index is 13.3. The van der Waals surface area contributed by atoms with Crippen molar-refractivity contribution < 1.29 is 8.42 Å². The third kappa shape index (κ3) is 3.55. The maximum absolute atomic E-state index is 13.3. The van der Waals surface area contributed by atoms with Gasteiger partial charge in [0.25, 0.3) is 0 Å². The molecule has 0 N–H and O–H groups in total. The number of rotatable bonds is 4. The van der Waals surface area contributed by atoms with Gasteiger partial charge in [0, 0.05) is 12.2 Å². The molecule has 1 heterocycles. The Morgan fingerprint density at radius 3 is 2.21 bits per heavy atom. The van der Waals surface area contributed by atoms with Crippen LogP contribution in [0, 0.1) is 13.8 Å². The van der Waals surface area contributed by atoms with Gasteiger partial charge in [-0.2, -0.15) is 4.31 Å². The number of hydrogen-bond donors (Lipinski definition) is 0. The first kappa shape index (κ1) is 18.7. The first-order chi connectivity index (χ1) is 13.4. The zero-order valence-electron chi connectivity index (χ0n) is 16.1. The monoisotopic (exact) mass is 392 g/mol. The van der Waals surface area contributed by atoms with Crippen molar-refractivity contribution in [2.24, 2.45) is 0 Å². The van der Waals surface area contributed by atoms with E-state index in [4.69, 9.17) is 0 Å². The molecule has 4 nitrogen and oxygen atoms in total. The van der Waals surface area contributed by atoms with Gasteiger partial charge in [0.15, 0.2) is 0 Å². The van der Waals surface area contributed by atoms with Crippen molar-refractivity contribution >= 4 is 15.7 Å². The molecule has 144 valence electrons. The van der Waals surface area contributed by atoms with E-state index in [-0.39, 0.29) is 6.04 Å². The van der Waals surface area contributed by atoms with Crippen molar-refractivity contribution in [2.45, 2.75) is 24.8 Å². The fourth-order valence-corrected chi connectivity index (χ4v) is 5.07. The Labute approximate surface area is 167 Å². The van der Waals surface area contributed by atoms with Crippen LogP contribution in [-0.4, -0.2) is 25.9 Å². The molecule has 0 aromatic heterocycles. The van der Waals surface area contributed by atoms with Crippen LogP contribution < -0.4 is 4.90 Å². The van der Waals surface area contributed by atoms with Gasteiger partial charge in [0.2, 0.25) is 10.0 Å². The summed E-state index contributed by atoms with van der Waals surface area (Å²) in [6, 6.07) is 25.4. The van der Waals surface area contributed by atoms with Crippen LogP contribution in [0.25, 0.3) is 0 Å². The lowest BCUT2D eigenvalue weighted by atomic mass is 10.1. The van der Waals surface area contributed by atoms with E-state index in [0.717, 1.165) is 22.4 Å². The Bertz CT molecular complexity index is 1060. The molecule has 1 saturated heterocycles. The highest BCUT2D eigenvalue weighted by Crippen LogP contribution is 2.35. The minimum Gasteiger partial charge on any atom is -0.349 e. The van der Waals surface area contributed by atoms with Crippen molar-refractivity contribution in [3.63, 3.8) is 0 Å². The predicted molar refractivity (Wildman–Crippen MR) is 113 cm³/mol. The second kappa shape index (κ2) is 7.41. The molecule has 5 heteroatoms. The van der Waals surface area contributed by atoms with Crippen LogP contribution in [0.1, 0.15) is 22.7 Å². The van der Waals surface area contributed by atoms with Crippen LogP contribution in [0.3, 0.4) is 0 Å². The molecule has 0 unspecified atom stereocenters. The molecule has 1 aliphatic heterocycles. The Balaban J connectivity index is 1.72. The molecule has 3 aromatic rings. The SMILES string of the molecule is Cc1ccc(S(=O)(=O)N2C[C@@H](c3ccccc3)N(c3cccc(C)c3)C2)cc1. The van der Waals surface area contributed by atoms with Crippen molar-refractivity contribution in [1.29, 1.82) is 0 Å². The summed E-state index contributed by atoms with van der Waals surface area (Å²) in [6.45, 7) is 4.77. The summed E-state index contributed by atoms with van der Waals surface area (Å²) in [5.41, 5.74) is 4.36. The summed E-state index contributed by atoms with van der Waals surface area (Å²) >= 11 is 0. The van der Waals surface area contributed by atoms with Crippen LogP contribution in [0.4, 0.5) is 5.69 Å². The van der Waals surface area contributed by atoms with Crippen molar-refractivity contribution in [1.82, 2.24) is 4.31 Å². The Kier molecular flexibility index (Phi) is 4.96. The number of nitrogens with zero attached hydrogens (tertiary/aromatic N) is 2. The summed E-state index contributed by atoms with van der Waals surface area (Å²) in [5.74, 6) is 0. The summed E-state index contributed by atoms with van der Waals surface area (Å²) in [5, 5.41) is 0. The lowest BCUT2D eigenvalue weighted by molar-refractivity contribution is 0.473. The van der Waals surface area contributed by atoms with E-state index in [9.17, 15) is 8.42 Å². The molecule has 0 spiro atoms. The smallest absolute Gasteiger partial charge is 0.244 e. The van der Waals surface area contributed by atoms with E-state index >= 15 is 0 Å². The van der Waals surface area contributed by atoms with Gasteiger partial charge in [-0.05, 0) is 49.2 Å². The van der Waals surface area contributed by atoms with Gasteiger partial charge in [0.05, 0.1) is 17.6 Å². The third-order valence-corrected chi connectivity index (χ3v) is 7.05. The number of sulfonamides is 1. The van der Waals surface area contributed by atoms with E-state index in [1.165, 1.54) is 0 Å². The van der Waals surface area contributed by atoms with E-state index in [1.807, 2.05) is 49.4 Å². The molecule has 0 saturated carbocycles. The molecule has 1 atom stereocenters. The third-order valence-electron chi connectivity index (χ3n) is 5.24. The molecule has 1 fully saturated rings. The average Bonchev–Trinajstić information content (AvgIpc) is 3.15. The number of benzene rings is 3. The molecular formula is C23H24N2O2S. The minimum absolute atomic E-state index is 0.0248. The molecule has 4 rings (SSSR count). The van der Waals surface area contributed by atoms with E-state index in [2.05, 4.69) is 36.1 Å². The Morgan fingerprint density at radius 1 is 0.821 bits per heavy atom. The molecule has 28 heavy (non-hydrogen) atoms. The van der Waals surface area contributed by atoms with Gasteiger partial charge < -0.3 is 4.90 Å². The van der Waals surface area contributed by atoms with E-state index in [0.29, 0.717) is 18.1 Å². The van der Waals surface area contributed by atoms with E-state index < -0.39 is 10.0 Å². The van der Waals surface area contributed by atoms with Crippen molar-refractivity contribution in [2.75, 3.05) is 18.1 Å². The molecule has 3 aromatic carbocycles. The molecule has 0 aliphatic carbocycles. The predicted octanol–water partition coefficient (Wildman–Crippen LogP) is 4.51. The molecule has 1 aliphatic rings. The standard InChI is InChI=1S/C23H24N2O2S/c1-18-11-13-22(14-12-18)28(26,27)24-16-23(20-8-4-3-5-9-20)25(17-24)21-10-6-7-19(2)15-21/h3-15,23H,16-17H2,1-2H3/t23-/m0/s1. The highest BCUT2D eigenvalue weighted by atomic mass is 32.2. The summed E-state index contributed by atoms with van der Waals surface area (Å²) in [6.07, 6.45) is 0.